The quantitative estimate of drug-likeness (QED) is 0.810. The van der Waals surface area contributed by atoms with Crippen molar-refractivity contribution in [3.8, 4) is 0 Å². The minimum Gasteiger partial charge on any atom is -0.363 e. The first-order valence-electron chi connectivity index (χ1n) is 9.17. The smallest absolute Gasteiger partial charge is 0.243 e. The van der Waals surface area contributed by atoms with Crippen LogP contribution in [0.25, 0.3) is 0 Å². The number of piperazine rings is 1. The zero-order valence-electron chi connectivity index (χ0n) is 14.8. The molecule has 2 aliphatic rings. The Balaban J connectivity index is 1.67. The van der Waals surface area contributed by atoms with Crippen LogP contribution in [0.2, 0.25) is 0 Å². The lowest BCUT2D eigenvalue weighted by molar-refractivity contribution is 0.264. The van der Waals surface area contributed by atoms with Crippen LogP contribution in [0, 0.1) is 0 Å². The van der Waals surface area contributed by atoms with Crippen molar-refractivity contribution in [1.82, 2.24) is 14.5 Å². The van der Waals surface area contributed by atoms with Crippen LogP contribution in [0.15, 0.2) is 23.1 Å². The third-order valence-corrected chi connectivity index (χ3v) is 7.31. The maximum Gasteiger partial charge on any atom is 0.243 e. The summed E-state index contributed by atoms with van der Waals surface area (Å²) in [5.74, 6) is 0. The molecule has 0 unspecified atom stereocenters. The maximum absolute atomic E-state index is 13.0. The van der Waals surface area contributed by atoms with Crippen molar-refractivity contribution in [2.24, 2.45) is 0 Å². The molecule has 0 aromatic heterocycles. The van der Waals surface area contributed by atoms with Crippen LogP contribution in [0.5, 0.6) is 0 Å². The van der Waals surface area contributed by atoms with Crippen LogP contribution < -0.4 is 5.32 Å². The number of benzene rings is 1. The Bertz CT molecular complexity index is 726. The van der Waals surface area contributed by atoms with E-state index in [0.717, 1.165) is 37.3 Å². The predicted octanol–water partition coefficient (Wildman–Crippen LogP) is 2.16. The summed E-state index contributed by atoms with van der Waals surface area (Å²) in [6, 6.07) is 5.67. The summed E-state index contributed by atoms with van der Waals surface area (Å²) in [6.07, 6.45) is 5.43. The van der Waals surface area contributed by atoms with Crippen molar-refractivity contribution in [1.29, 1.82) is 0 Å². The predicted molar refractivity (Wildman–Crippen MR) is 104 cm³/mol. The highest BCUT2D eigenvalue weighted by atomic mass is 32.2. The molecule has 1 aliphatic heterocycles. The largest absolute Gasteiger partial charge is 0.363 e. The second kappa shape index (κ2) is 8.01. The zero-order chi connectivity index (χ0) is 17.9. The molecule has 25 heavy (non-hydrogen) atoms. The Kier molecular flexibility index (Phi) is 5.96. The molecule has 0 radical (unpaired) electrons. The summed E-state index contributed by atoms with van der Waals surface area (Å²) >= 11 is 5.38. The van der Waals surface area contributed by atoms with Gasteiger partial charge in [-0.15, -0.1) is 0 Å². The van der Waals surface area contributed by atoms with E-state index in [9.17, 15) is 8.42 Å². The van der Waals surface area contributed by atoms with E-state index in [1.54, 1.807) is 10.4 Å². The van der Waals surface area contributed by atoms with Crippen molar-refractivity contribution in [3.05, 3.63) is 29.3 Å². The van der Waals surface area contributed by atoms with E-state index in [1.807, 2.05) is 12.1 Å². The molecule has 5 nitrogen and oxygen atoms in total. The molecule has 1 aromatic rings. The number of sulfonamides is 1. The average molecular weight is 382 g/mol. The lowest BCUT2D eigenvalue weighted by Crippen LogP contribution is -2.53. The van der Waals surface area contributed by atoms with Crippen LogP contribution >= 0.6 is 12.2 Å². The lowest BCUT2D eigenvalue weighted by atomic mass is 9.92. The molecule has 7 heteroatoms. The third kappa shape index (κ3) is 4.15. The standard InChI is InChI=1S/C18H27N3O2S2/c1-2-9-19-18(24)20-10-12-21(13-11-20)25(22,23)17-8-7-15-5-3-4-6-16(15)14-17/h7-8,14H,2-6,9-13H2,1H3,(H,19,24). The van der Waals surface area contributed by atoms with E-state index in [1.165, 1.54) is 17.5 Å². The summed E-state index contributed by atoms with van der Waals surface area (Å²) in [4.78, 5) is 2.50. The number of rotatable bonds is 4. The first-order valence-corrected chi connectivity index (χ1v) is 11.0. The van der Waals surface area contributed by atoms with Crippen molar-refractivity contribution in [3.63, 3.8) is 0 Å². The van der Waals surface area contributed by atoms with Gasteiger partial charge in [-0.05, 0) is 67.6 Å². The van der Waals surface area contributed by atoms with E-state index in [0.29, 0.717) is 31.1 Å². The SMILES string of the molecule is CCCNC(=S)N1CCN(S(=O)(=O)c2ccc3c(c2)CCCC3)CC1. The van der Waals surface area contributed by atoms with Gasteiger partial charge in [0.05, 0.1) is 4.90 Å². The van der Waals surface area contributed by atoms with Crippen LogP contribution in [-0.4, -0.2) is 55.5 Å². The van der Waals surface area contributed by atoms with Gasteiger partial charge in [0.1, 0.15) is 0 Å². The summed E-state index contributed by atoms with van der Waals surface area (Å²) in [5.41, 5.74) is 2.51. The summed E-state index contributed by atoms with van der Waals surface area (Å²) < 4.78 is 27.6. The van der Waals surface area contributed by atoms with E-state index in [-0.39, 0.29) is 0 Å². The second-order valence-electron chi connectivity index (χ2n) is 6.76. The Morgan fingerprint density at radius 1 is 1.12 bits per heavy atom. The molecule has 0 atom stereocenters. The Morgan fingerprint density at radius 3 is 2.48 bits per heavy atom. The molecule has 1 saturated heterocycles. The molecule has 138 valence electrons. The van der Waals surface area contributed by atoms with Gasteiger partial charge in [0.25, 0.3) is 0 Å². The molecule has 1 aliphatic carbocycles. The molecule has 0 amide bonds. The highest BCUT2D eigenvalue weighted by Gasteiger charge is 2.29. The highest BCUT2D eigenvalue weighted by molar-refractivity contribution is 7.89. The van der Waals surface area contributed by atoms with Gasteiger partial charge in [0.2, 0.25) is 10.0 Å². The van der Waals surface area contributed by atoms with Crippen molar-refractivity contribution in [2.75, 3.05) is 32.7 Å². The van der Waals surface area contributed by atoms with Crippen LogP contribution in [0.1, 0.15) is 37.3 Å². The molecular formula is C18H27N3O2S2. The average Bonchev–Trinajstić information content (AvgIpc) is 2.65. The lowest BCUT2D eigenvalue weighted by Gasteiger charge is -2.35. The van der Waals surface area contributed by atoms with Crippen molar-refractivity contribution >= 4 is 27.4 Å². The van der Waals surface area contributed by atoms with Crippen LogP contribution in [-0.2, 0) is 22.9 Å². The van der Waals surface area contributed by atoms with E-state index in [4.69, 9.17) is 12.2 Å². The Morgan fingerprint density at radius 2 is 1.80 bits per heavy atom. The molecule has 1 fully saturated rings. The van der Waals surface area contributed by atoms with Gasteiger partial charge in [-0.1, -0.05) is 13.0 Å². The number of aryl methyl sites for hydroxylation is 2. The molecular weight excluding hydrogens is 354 g/mol. The highest BCUT2D eigenvalue weighted by Crippen LogP contribution is 2.26. The number of hydrogen-bond acceptors (Lipinski definition) is 3. The Hall–Kier alpha value is -1.18. The van der Waals surface area contributed by atoms with Gasteiger partial charge in [0.15, 0.2) is 5.11 Å². The first kappa shape index (κ1) is 18.6. The van der Waals surface area contributed by atoms with Crippen molar-refractivity contribution in [2.45, 2.75) is 43.9 Å². The molecule has 0 bridgehead atoms. The van der Waals surface area contributed by atoms with Gasteiger partial charge in [0, 0.05) is 32.7 Å². The maximum atomic E-state index is 13.0. The van der Waals surface area contributed by atoms with Crippen LogP contribution in [0.3, 0.4) is 0 Å². The third-order valence-electron chi connectivity index (χ3n) is 5.01. The fourth-order valence-electron chi connectivity index (χ4n) is 3.49. The first-order chi connectivity index (χ1) is 12.0. The molecule has 0 spiro atoms. The number of nitrogens with one attached hydrogen (secondary N) is 1. The monoisotopic (exact) mass is 381 g/mol. The van der Waals surface area contributed by atoms with E-state index >= 15 is 0 Å². The minimum atomic E-state index is -3.42. The van der Waals surface area contributed by atoms with Crippen molar-refractivity contribution < 1.29 is 8.42 Å². The summed E-state index contributed by atoms with van der Waals surface area (Å²) in [7, 11) is -3.42. The molecule has 1 N–H and O–H groups in total. The molecule has 1 heterocycles. The van der Waals surface area contributed by atoms with E-state index < -0.39 is 10.0 Å². The molecule has 1 aromatic carbocycles. The topological polar surface area (TPSA) is 52.6 Å². The molecule has 0 saturated carbocycles. The summed E-state index contributed by atoms with van der Waals surface area (Å²) in [6.45, 7) is 5.19. The number of fused-ring (bicyclic) bond motifs is 1. The van der Waals surface area contributed by atoms with Gasteiger partial charge < -0.3 is 10.2 Å². The minimum absolute atomic E-state index is 0.438. The summed E-state index contributed by atoms with van der Waals surface area (Å²) in [5, 5.41) is 3.94. The fraction of sp³-hybridized carbons (Fsp3) is 0.611. The van der Waals surface area contributed by atoms with Crippen LogP contribution in [0.4, 0.5) is 0 Å². The number of thiocarbonyl (C=S) groups is 1. The molecule has 3 rings (SSSR count). The van der Waals surface area contributed by atoms with E-state index in [2.05, 4.69) is 17.1 Å². The fourth-order valence-corrected chi connectivity index (χ4v) is 5.25. The Labute approximate surface area is 156 Å². The van der Waals surface area contributed by atoms with Gasteiger partial charge in [-0.2, -0.15) is 4.31 Å². The van der Waals surface area contributed by atoms with Gasteiger partial charge in [-0.25, -0.2) is 8.42 Å². The normalized spacial score (nSPS) is 18.7. The zero-order valence-corrected chi connectivity index (χ0v) is 16.5. The van der Waals surface area contributed by atoms with Gasteiger partial charge >= 0.3 is 0 Å². The van der Waals surface area contributed by atoms with Gasteiger partial charge in [-0.3, -0.25) is 0 Å². The number of nitrogens with zero attached hydrogens (tertiary/aromatic N) is 2. The second-order valence-corrected chi connectivity index (χ2v) is 9.09. The number of hydrogen-bond donors (Lipinski definition) is 1.